The maximum Gasteiger partial charge on any atom is 0.162 e. The summed E-state index contributed by atoms with van der Waals surface area (Å²) in [5, 5.41) is 0. The first-order valence-corrected chi connectivity index (χ1v) is 10.2. The van der Waals surface area contributed by atoms with E-state index in [1.807, 2.05) is 18.2 Å². The van der Waals surface area contributed by atoms with Gasteiger partial charge in [-0.15, -0.1) is 0 Å². The fraction of sp³-hybridized carbons (Fsp3) is 0.400. The van der Waals surface area contributed by atoms with Crippen molar-refractivity contribution >= 4 is 11.9 Å². The summed E-state index contributed by atoms with van der Waals surface area (Å²) in [5.74, 6) is 2.72. The molecule has 0 aliphatic heterocycles. The average Bonchev–Trinajstić information content (AvgIpc) is 2.70. The Morgan fingerprint density at radius 3 is 2.31 bits per heavy atom. The number of rotatable bonds is 1. The van der Waals surface area contributed by atoms with E-state index in [0.717, 1.165) is 24.0 Å². The molecule has 0 aromatic heterocycles. The van der Waals surface area contributed by atoms with Crippen molar-refractivity contribution in [1.82, 2.24) is 0 Å². The predicted octanol–water partition coefficient (Wildman–Crippen LogP) is 5.81. The highest BCUT2D eigenvalue weighted by atomic mass is 16.1. The van der Waals surface area contributed by atoms with Gasteiger partial charge in [0.2, 0.25) is 0 Å². The van der Waals surface area contributed by atoms with Gasteiger partial charge in [-0.1, -0.05) is 54.6 Å². The average molecular weight is 342 g/mol. The number of benzene rings is 2. The second-order valence-electron chi connectivity index (χ2n) is 8.34. The number of Topliss-reactive ketones (excluding diaryl/α,β-unsaturated/α-hetero) is 1. The van der Waals surface area contributed by atoms with Crippen LogP contribution in [0, 0.1) is 17.8 Å². The molecule has 0 heterocycles. The standard InChI is InChI=1S/C25H26O/c26-25-19(16-17-6-2-1-3-7-17)11-13-23-22-12-10-18-8-4-5-9-20(18)21(22)14-15-24(23)25/h1-9,16,21-24H,10-15H2/b19-16+/t21-,22-,23-,24-/m0/s1. The minimum atomic E-state index is 0.269. The van der Waals surface area contributed by atoms with Crippen LogP contribution in [0.3, 0.4) is 0 Å². The second-order valence-corrected chi connectivity index (χ2v) is 8.34. The van der Waals surface area contributed by atoms with E-state index in [2.05, 4.69) is 42.5 Å². The molecule has 2 aromatic carbocycles. The topological polar surface area (TPSA) is 17.1 Å². The summed E-state index contributed by atoms with van der Waals surface area (Å²) in [5.41, 5.74) is 5.36. The molecule has 26 heavy (non-hydrogen) atoms. The first-order valence-electron chi connectivity index (χ1n) is 10.2. The Labute approximate surface area is 156 Å². The molecule has 0 unspecified atom stereocenters. The van der Waals surface area contributed by atoms with E-state index in [4.69, 9.17) is 0 Å². The summed E-state index contributed by atoms with van der Waals surface area (Å²) in [6, 6.07) is 19.4. The Morgan fingerprint density at radius 2 is 1.42 bits per heavy atom. The summed E-state index contributed by atoms with van der Waals surface area (Å²) < 4.78 is 0. The van der Waals surface area contributed by atoms with Gasteiger partial charge in [0.1, 0.15) is 0 Å². The van der Waals surface area contributed by atoms with Crippen molar-refractivity contribution in [3.8, 4) is 0 Å². The van der Waals surface area contributed by atoms with Crippen LogP contribution in [0.5, 0.6) is 0 Å². The predicted molar refractivity (Wildman–Crippen MR) is 106 cm³/mol. The monoisotopic (exact) mass is 342 g/mol. The van der Waals surface area contributed by atoms with Crippen LogP contribution in [0.15, 0.2) is 60.2 Å². The molecule has 132 valence electrons. The number of hydrogen-bond acceptors (Lipinski definition) is 1. The van der Waals surface area contributed by atoms with Gasteiger partial charge in [0.25, 0.3) is 0 Å². The van der Waals surface area contributed by atoms with Gasteiger partial charge in [-0.25, -0.2) is 0 Å². The molecule has 4 atom stereocenters. The highest BCUT2D eigenvalue weighted by Crippen LogP contribution is 2.53. The summed E-state index contributed by atoms with van der Waals surface area (Å²) in [4.78, 5) is 13.2. The first kappa shape index (κ1) is 16.1. The van der Waals surface area contributed by atoms with Crippen LogP contribution in [-0.4, -0.2) is 5.78 Å². The zero-order valence-corrected chi connectivity index (χ0v) is 15.2. The molecule has 2 aromatic rings. The molecule has 1 heteroatoms. The third-order valence-electron chi connectivity index (χ3n) is 7.11. The normalized spacial score (nSPS) is 31.8. The van der Waals surface area contributed by atoms with Crippen LogP contribution in [0.2, 0.25) is 0 Å². The van der Waals surface area contributed by atoms with Gasteiger partial charge in [0.05, 0.1) is 0 Å². The Bertz CT molecular complexity index is 847. The lowest BCUT2D eigenvalue weighted by Crippen LogP contribution is -2.42. The van der Waals surface area contributed by atoms with Crippen LogP contribution >= 0.6 is 0 Å². The van der Waals surface area contributed by atoms with Gasteiger partial charge in [-0.2, -0.15) is 0 Å². The fourth-order valence-corrected chi connectivity index (χ4v) is 5.95. The summed E-state index contributed by atoms with van der Waals surface area (Å²) in [6.45, 7) is 0. The number of allylic oxidation sites excluding steroid dienone is 1. The first-order chi connectivity index (χ1) is 12.8. The zero-order chi connectivity index (χ0) is 17.5. The highest BCUT2D eigenvalue weighted by molar-refractivity contribution is 6.02. The molecule has 0 saturated heterocycles. The number of hydrogen-bond donors (Lipinski definition) is 0. The van der Waals surface area contributed by atoms with E-state index >= 15 is 0 Å². The summed E-state index contributed by atoms with van der Waals surface area (Å²) >= 11 is 0. The Hall–Kier alpha value is -2.15. The maximum absolute atomic E-state index is 13.2. The summed E-state index contributed by atoms with van der Waals surface area (Å²) in [7, 11) is 0. The van der Waals surface area contributed by atoms with E-state index in [9.17, 15) is 4.79 Å². The third-order valence-corrected chi connectivity index (χ3v) is 7.11. The highest BCUT2D eigenvalue weighted by Gasteiger charge is 2.46. The SMILES string of the molecule is O=C1/C(=C/c2ccccc2)CC[C@H]2[C@H]3CCc4ccccc4[C@@H]3CC[C@H]12. The summed E-state index contributed by atoms with van der Waals surface area (Å²) in [6.07, 6.45) is 9.02. The van der Waals surface area contributed by atoms with Crippen LogP contribution < -0.4 is 0 Å². The fourth-order valence-electron chi connectivity index (χ4n) is 5.95. The quantitative estimate of drug-likeness (QED) is 0.598. The van der Waals surface area contributed by atoms with Crippen LogP contribution in [0.1, 0.15) is 54.7 Å². The molecule has 2 saturated carbocycles. The van der Waals surface area contributed by atoms with Crippen molar-refractivity contribution in [3.63, 3.8) is 0 Å². The lowest BCUT2D eigenvalue weighted by molar-refractivity contribution is -0.125. The van der Waals surface area contributed by atoms with E-state index in [-0.39, 0.29) is 5.92 Å². The van der Waals surface area contributed by atoms with Gasteiger partial charge in [0, 0.05) is 5.92 Å². The molecule has 3 aliphatic rings. The largest absolute Gasteiger partial charge is 0.294 e. The van der Waals surface area contributed by atoms with Gasteiger partial charge in [-0.3, -0.25) is 4.79 Å². The van der Waals surface area contributed by atoms with Crippen LogP contribution in [0.25, 0.3) is 6.08 Å². The molecular formula is C25H26O. The molecule has 3 aliphatic carbocycles. The Kier molecular flexibility index (Phi) is 4.04. The molecule has 2 fully saturated rings. The van der Waals surface area contributed by atoms with Gasteiger partial charge in [0.15, 0.2) is 5.78 Å². The van der Waals surface area contributed by atoms with Gasteiger partial charge < -0.3 is 0 Å². The molecule has 1 nitrogen and oxygen atoms in total. The smallest absolute Gasteiger partial charge is 0.162 e. The van der Waals surface area contributed by atoms with Crippen molar-refractivity contribution in [3.05, 3.63) is 76.9 Å². The van der Waals surface area contributed by atoms with Crippen LogP contribution in [-0.2, 0) is 11.2 Å². The lowest BCUT2D eigenvalue weighted by atomic mass is 9.56. The van der Waals surface area contributed by atoms with Gasteiger partial charge in [-0.05, 0) is 84.6 Å². The van der Waals surface area contributed by atoms with Crippen molar-refractivity contribution in [2.45, 2.75) is 44.4 Å². The molecule has 0 bridgehead atoms. The zero-order valence-electron chi connectivity index (χ0n) is 15.2. The van der Waals surface area contributed by atoms with E-state index in [1.54, 1.807) is 11.1 Å². The van der Waals surface area contributed by atoms with E-state index in [1.165, 1.54) is 25.7 Å². The molecule has 5 rings (SSSR count). The second kappa shape index (κ2) is 6.54. The molecule has 0 amide bonds. The molecule has 0 radical (unpaired) electrons. The minimum absolute atomic E-state index is 0.269. The molecule has 0 spiro atoms. The number of fused-ring (bicyclic) bond motifs is 5. The maximum atomic E-state index is 13.2. The number of ketones is 1. The van der Waals surface area contributed by atoms with E-state index in [0.29, 0.717) is 23.5 Å². The van der Waals surface area contributed by atoms with Crippen LogP contribution in [0.4, 0.5) is 0 Å². The third kappa shape index (κ3) is 2.65. The number of carbonyl (C=O) groups excluding carboxylic acids is 1. The van der Waals surface area contributed by atoms with Crippen molar-refractivity contribution in [2.75, 3.05) is 0 Å². The molecule has 0 N–H and O–H groups in total. The number of carbonyl (C=O) groups is 1. The van der Waals surface area contributed by atoms with Crippen molar-refractivity contribution in [1.29, 1.82) is 0 Å². The van der Waals surface area contributed by atoms with Crippen molar-refractivity contribution in [2.24, 2.45) is 17.8 Å². The van der Waals surface area contributed by atoms with Crippen molar-refractivity contribution < 1.29 is 4.79 Å². The molecular weight excluding hydrogens is 316 g/mol. The number of aryl methyl sites for hydroxylation is 1. The minimum Gasteiger partial charge on any atom is -0.294 e. The Morgan fingerprint density at radius 1 is 0.731 bits per heavy atom. The lowest BCUT2D eigenvalue weighted by Gasteiger charge is -2.48. The van der Waals surface area contributed by atoms with E-state index < -0.39 is 0 Å². The van der Waals surface area contributed by atoms with Gasteiger partial charge >= 0.3 is 0 Å². The Balaban J connectivity index is 1.41.